The van der Waals surface area contributed by atoms with Crippen LogP contribution in [0.5, 0.6) is 0 Å². The van der Waals surface area contributed by atoms with Crippen LogP contribution >= 0.6 is 0 Å². The second-order valence-electron chi connectivity index (χ2n) is 8.61. The number of rotatable bonds is 3. The summed E-state index contributed by atoms with van der Waals surface area (Å²) in [6.07, 6.45) is 1.90. The number of amides is 2. The van der Waals surface area contributed by atoms with Crippen molar-refractivity contribution in [1.29, 1.82) is 0 Å². The second-order valence-corrected chi connectivity index (χ2v) is 8.61. The van der Waals surface area contributed by atoms with Gasteiger partial charge in [0.05, 0.1) is 5.69 Å². The lowest BCUT2D eigenvalue weighted by molar-refractivity contribution is -0.133. The first-order chi connectivity index (χ1) is 16.0. The Hall–Kier alpha value is -3.68. The molecule has 0 bridgehead atoms. The lowest BCUT2D eigenvalue weighted by Gasteiger charge is -2.39. The van der Waals surface area contributed by atoms with Crippen LogP contribution in [0.2, 0.25) is 0 Å². The molecule has 2 aliphatic rings. The van der Waals surface area contributed by atoms with E-state index in [4.69, 9.17) is 0 Å². The first-order valence-corrected chi connectivity index (χ1v) is 11.2. The average Bonchev–Trinajstić information content (AvgIpc) is 3.24. The Morgan fingerprint density at radius 1 is 0.939 bits per heavy atom. The minimum absolute atomic E-state index is 0.000678. The molecule has 0 radical (unpaired) electrons. The number of carbonyl (C=O) groups is 2. The highest BCUT2D eigenvalue weighted by atomic mass is 19.1. The molecule has 0 unspecified atom stereocenters. The number of hydrogen-bond donors (Lipinski definition) is 0. The Bertz CT molecular complexity index is 1150. The molecule has 0 saturated carbocycles. The summed E-state index contributed by atoms with van der Waals surface area (Å²) in [5, 5.41) is 4.57. The number of carbonyl (C=O) groups excluding carboxylic acids is 2. The molecule has 33 heavy (non-hydrogen) atoms. The minimum Gasteiger partial charge on any atom is -0.368 e. The molecule has 0 N–H and O–H groups in total. The maximum Gasteiger partial charge on any atom is 0.254 e. The van der Waals surface area contributed by atoms with E-state index in [0.29, 0.717) is 44.8 Å². The normalized spacial score (nSPS) is 18.2. The SMILES string of the molecule is Cn1cc2c(n1)[C@H](C(=O)N1CCN(c3ccc(F)cc3)CC1)CN(C(=O)c1ccccc1)C2. The number of fused-ring (bicyclic) bond motifs is 1. The Morgan fingerprint density at radius 3 is 2.33 bits per heavy atom. The molecule has 0 aliphatic carbocycles. The summed E-state index contributed by atoms with van der Waals surface area (Å²) in [7, 11) is 1.84. The zero-order valence-corrected chi connectivity index (χ0v) is 18.5. The van der Waals surface area contributed by atoms with Gasteiger partial charge in [-0.2, -0.15) is 5.10 Å². The van der Waals surface area contributed by atoms with Gasteiger partial charge in [0.1, 0.15) is 11.7 Å². The smallest absolute Gasteiger partial charge is 0.254 e. The van der Waals surface area contributed by atoms with E-state index in [1.807, 2.05) is 36.3 Å². The first-order valence-electron chi connectivity index (χ1n) is 11.2. The summed E-state index contributed by atoms with van der Waals surface area (Å²) in [5.41, 5.74) is 3.24. The van der Waals surface area contributed by atoms with Gasteiger partial charge in [0.15, 0.2) is 0 Å². The van der Waals surface area contributed by atoms with Gasteiger partial charge >= 0.3 is 0 Å². The van der Waals surface area contributed by atoms with Gasteiger partial charge in [-0.3, -0.25) is 14.3 Å². The number of halogens is 1. The maximum atomic E-state index is 13.6. The molecule has 5 rings (SSSR count). The standard InChI is InChI=1S/C25H26FN5O2/c1-28-15-19-16-31(24(32)18-5-3-2-4-6-18)17-22(23(19)27-28)25(33)30-13-11-29(12-14-30)21-9-7-20(26)8-10-21/h2-10,15,22H,11-14,16-17H2,1H3/t22-/m1/s1. The quantitative estimate of drug-likeness (QED) is 0.620. The van der Waals surface area contributed by atoms with Crippen LogP contribution in [0.3, 0.4) is 0 Å². The monoisotopic (exact) mass is 447 g/mol. The Balaban J connectivity index is 1.32. The van der Waals surface area contributed by atoms with Crippen LogP contribution in [-0.4, -0.2) is 64.1 Å². The molecule has 3 aromatic rings. The van der Waals surface area contributed by atoms with E-state index in [1.54, 1.807) is 33.8 Å². The number of hydrogen-bond acceptors (Lipinski definition) is 4. The molecule has 1 fully saturated rings. The summed E-state index contributed by atoms with van der Waals surface area (Å²) in [5.74, 6) is -0.825. The molecule has 3 heterocycles. The Labute approximate surface area is 192 Å². The lowest BCUT2D eigenvalue weighted by Crippen LogP contribution is -2.52. The van der Waals surface area contributed by atoms with Crippen molar-refractivity contribution in [2.24, 2.45) is 7.05 Å². The molecule has 1 saturated heterocycles. The molecular formula is C25H26FN5O2. The van der Waals surface area contributed by atoms with Gasteiger partial charge in [-0.15, -0.1) is 0 Å². The summed E-state index contributed by atoms with van der Waals surface area (Å²) < 4.78 is 15.0. The highest BCUT2D eigenvalue weighted by Crippen LogP contribution is 2.30. The number of aryl methyl sites for hydroxylation is 1. The van der Waals surface area contributed by atoms with Crippen molar-refractivity contribution >= 4 is 17.5 Å². The molecule has 2 amide bonds. The number of piperazine rings is 1. The predicted octanol–water partition coefficient (Wildman–Crippen LogP) is 2.65. The van der Waals surface area contributed by atoms with E-state index in [-0.39, 0.29) is 17.6 Å². The Kier molecular flexibility index (Phi) is 5.58. The van der Waals surface area contributed by atoms with E-state index in [9.17, 15) is 14.0 Å². The van der Waals surface area contributed by atoms with Crippen LogP contribution in [0.15, 0.2) is 60.8 Å². The van der Waals surface area contributed by atoms with Crippen molar-refractivity contribution in [3.8, 4) is 0 Å². The van der Waals surface area contributed by atoms with E-state index in [1.165, 1.54) is 12.1 Å². The number of aromatic nitrogens is 2. The van der Waals surface area contributed by atoms with Crippen LogP contribution in [-0.2, 0) is 18.4 Å². The largest absolute Gasteiger partial charge is 0.368 e. The molecule has 7 nitrogen and oxygen atoms in total. The van der Waals surface area contributed by atoms with Crippen LogP contribution < -0.4 is 4.90 Å². The van der Waals surface area contributed by atoms with Crippen molar-refractivity contribution in [3.63, 3.8) is 0 Å². The topological polar surface area (TPSA) is 61.7 Å². The van der Waals surface area contributed by atoms with Gasteiger partial charge in [0, 0.05) is 69.3 Å². The summed E-state index contributed by atoms with van der Waals surface area (Å²) in [6.45, 7) is 3.24. The fourth-order valence-electron chi connectivity index (χ4n) is 4.72. The highest BCUT2D eigenvalue weighted by molar-refractivity contribution is 5.95. The van der Waals surface area contributed by atoms with Crippen molar-refractivity contribution in [2.45, 2.75) is 12.5 Å². The van der Waals surface area contributed by atoms with Crippen LogP contribution in [0.4, 0.5) is 10.1 Å². The van der Waals surface area contributed by atoms with Crippen molar-refractivity contribution < 1.29 is 14.0 Å². The van der Waals surface area contributed by atoms with Gasteiger partial charge in [-0.1, -0.05) is 18.2 Å². The second kappa shape index (κ2) is 8.69. The number of anilines is 1. The summed E-state index contributed by atoms with van der Waals surface area (Å²) in [6, 6.07) is 15.6. The zero-order chi connectivity index (χ0) is 22.9. The lowest BCUT2D eigenvalue weighted by atomic mass is 9.94. The Morgan fingerprint density at radius 2 is 1.64 bits per heavy atom. The van der Waals surface area contributed by atoms with Crippen LogP contribution in [0, 0.1) is 5.82 Å². The van der Waals surface area contributed by atoms with Gasteiger partial charge in [0.25, 0.3) is 5.91 Å². The average molecular weight is 448 g/mol. The van der Waals surface area contributed by atoms with Gasteiger partial charge < -0.3 is 14.7 Å². The van der Waals surface area contributed by atoms with Gasteiger partial charge in [-0.05, 0) is 36.4 Å². The molecule has 2 aliphatic heterocycles. The fourth-order valence-corrected chi connectivity index (χ4v) is 4.72. The van der Waals surface area contributed by atoms with E-state index < -0.39 is 5.92 Å². The molecule has 0 spiro atoms. The number of nitrogens with zero attached hydrogens (tertiary/aromatic N) is 5. The van der Waals surface area contributed by atoms with Crippen LogP contribution in [0.25, 0.3) is 0 Å². The van der Waals surface area contributed by atoms with E-state index in [0.717, 1.165) is 16.9 Å². The molecule has 170 valence electrons. The third-order valence-electron chi connectivity index (χ3n) is 6.42. The van der Waals surface area contributed by atoms with Gasteiger partial charge in [-0.25, -0.2) is 4.39 Å². The van der Waals surface area contributed by atoms with Crippen molar-refractivity contribution in [1.82, 2.24) is 19.6 Å². The first kappa shape index (κ1) is 21.2. The molecule has 1 atom stereocenters. The number of benzene rings is 2. The highest BCUT2D eigenvalue weighted by Gasteiger charge is 2.38. The van der Waals surface area contributed by atoms with Crippen molar-refractivity contribution in [2.75, 3.05) is 37.6 Å². The van der Waals surface area contributed by atoms with E-state index in [2.05, 4.69) is 10.00 Å². The van der Waals surface area contributed by atoms with Crippen LogP contribution in [0.1, 0.15) is 27.5 Å². The summed E-state index contributed by atoms with van der Waals surface area (Å²) >= 11 is 0. The predicted molar refractivity (Wildman–Crippen MR) is 122 cm³/mol. The molecular weight excluding hydrogens is 421 g/mol. The maximum absolute atomic E-state index is 13.6. The van der Waals surface area contributed by atoms with Gasteiger partial charge in [0.2, 0.25) is 5.91 Å². The minimum atomic E-state index is -0.486. The molecule has 2 aromatic carbocycles. The van der Waals surface area contributed by atoms with Crippen molar-refractivity contribution in [3.05, 3.63) is 83.4 Å². The fraction of sp³-hybridized carbons (Fsp3) is 0.320. The third kappa shape index (κ3) is 4.20. The molecule has 1 aromatic heterocycles. The third-order valence-corrected chi connectivity index (χ3v) is 6.42. The zero-order valence-electron chi connectivity index (χ0n) is 18.5. The molecule has 8 heteroatoms. The van der Waals surface area contributed by atoms with E-state index >= 15 is 0 Å². The summed E-state index contributed by atoms with van der Waals surface area (Å²) in [4.78, 5) is 32.5.